The van der Waals surface area contributed by atoms with E-state index in [1.807, 2.05) is 0 Å². The van der Waals surface area contributed by atoms with Crippen LogP contribution >= 0.6 is 0 Å². The maximum atomic E-state index is 11.7. The molecule has 2 aromatic heterocycles. The number of rotatable bonds is 4. The van der Waals surface area contributed by atoms with Crippen molar-refractivity contribution in [3.63, 3.8) is 0 Å². The van der Waals surface area contributed by atoms with Gasteiger partial charge < -0.3 is 19.8 Å². The van der Waals surface area contributed by atoms with Crippen molar-refractivity contribution in [3.8, 4) is 0 Å². The summed E-state index contributed by atoms with van der Waals surface area (Å²) in [5.41, 5.74) is -0.766. The summed E-state index contributed by atoms with van der Waals surface area (Å²) in [5, 5.41) is 12.9. The Morgan fingerprint density at radius 2 is 2.28 bits per heavy atom. The zero-order valence-electron chi connectivity index (χ0n) is 10.4. The molecule has 0 spiro atoms. The largest absolute Gasteiger partial charge is 0.463 e. The van der Waals surface area contributed by atoms with Gasteiger partial charge in [0.2, 0.25) is 0 Å². The van der Waals surface area contributed by atoms with Gasteiger partial charge in [0.15, 0.2) is 0 Å². The Morgan fingerprint density at radius 1 is 1.50 bits per heavy atom. The van der Waals surface area contributed by atoms with Gasteiger partial charge in [0, 0.05) is 6.20 Å². The molecule has 5 nitrogen and oxygen atoms in total. The number of amides is 1. The molecule has 0 saturated heterocycles. The highest BCUT2D eigenvalue weighted by atomic mass is 16.4. The quantitative estimate of drug-likeness (QED) is 0.768. The lowest BCUT2D eigenvalue weighted by Gasteiger charge is -2.21. The molecular weight excluding hydrogens is 232 g/mol. The molecule has 2 rings (SSSR count). The van der Waals surface area contributed by atoms with Gasteiger partial charge in [0.05, 0.1) is 6.54 Å². The van der Waals surface area contributed by atoms with Gasteiger partial charge in [-0.25, -0.2) is 0 Å². The lowest BCUT2D eigenvalue weighted by molar-refractivity contribution is 0.0322. The second-order valence-electron chi connectivity index (χ2n) is 4.45. The first-order valence-electron chi connectivity index (χ1n) is 5.70. The molecule has 5 heteroatoms. The van der Waals surface area contributed by atoms with Crippen LogP contribution in [0.4, 0.5) is 0 Å². The Bertz CT molecular complexity index is 526. The van der Waals surface area contributed by atoms with Gasteiger partial charge in [0.25, 0.3) is 5.91 Å². The van der Waals surface area contributed by atoms with Crippen molar-refractivity contribution in [2.24, 2.45) is 0 Å². The van der Waals surface area contributed by atoms with Crippen LogP contribution < -0.4 is 5.32 Å². The molecule has 0 aliphatic heterocycles. The van der Waals surface area contributed by atoms with Crippen LogP contribution in [-0.4, -0.2) is 22.5 Å². The average molecular weight is 248 g/mol. The zero-order valence-corrected chi connectivity index (χ0v) is 10.4. The van der Waals surface area contributed by atoms with Crippen LogP contribution in [0.3, 0.4) is 0 Å². The van der Waals surface area contributed by atoms with Crippen molar-refractivity contribution in [2.75, 3.05) is 6.54 Å². The van der Waals surface area contributed by atoms with E-state index in [0.29, 0.717) is 11.5 Å². The molecular formula is C13H16N2O3. The standard InChI is InChI=1S/C13H16N2O3/c1-9-5-6-11(18-9)13(2,17)8-15-12(16)10-4-3-7-14-10/h3-7,14,17H,8H2,1-2H3,(H,15,16)/t13-/m1/s1. The summed E-state index contributed by atoms with van der Waals surface area (Å²) in [5.74, 6) is 0.899. The van der Waals surface area contributed by atoms with Crippen LogP contribution in [0.1, 0.15) is 28.9 Å². The number of nitrogens with one attached hydrogen (secondary N) is 2. The third kappa shape index (κ3) is 2.62. The molecule has 96 valence electrons. The number of aromatic nitrogens is 1. The number of hydrogen-bond acceptors (Lipinski definition) is 3. The molecule has 3 N–H and O–H groups in total. The molecule has 0 bridgehead atoms. The number of aliphatic hydroxyl groups is 1. The van der Waals surface area contributed by atoms with Gasteiger partial charge in [-0.3, -0.25) is 4.79 Å². The van der Waals surface area contributed by atoms with Crippen molar-refractivity contribution in [1.82, 2.24) is 10.3 Å². The van der Waals surface area contributed by atoms with Crippen LogP contribution in [-0.2, 0) is 5.60 Å². The number of aromatic amines is 1. The van der Waals surface area contributed by atoms with Gasteiger partial charge in [-0.15, -0.1) is 0 Å². The fourth-order valence-corrected chi connectivity index (χ4v) is 1.63. The molecule has 0 aliphatic rings. The highest BCUT2D eigenvalue weighted by Crippen LogP contribution is 2.21. The van der Waals surface area contributed by atoms with E-state index in [1.165, 1.54) is 0 Å². The summed E-state index contributed by atoms with van der Waals surface area (Å²) in [7, 11) is 0. The molecule has 0 aromatic carbocycles. The highest BCUT2D eigenvalue weighted by molar-refractivity contribution is 5.92. The van der Waals surface area contributed by atoms with Gasteiger partial charge in [-0.2, -0.15) is 0 Å². The fraction of sp³-hybridized carbons (Fsp3) is 0.308. The second-order valence-corrected chi connectivity index (χ2v) is 4.45. The summed E-state index contributed by atoms with van der Waals surface area (Å²) < 4.78 is 5.36. The highest BCUT2D eigenvalue weighted by Gasteiger charge is 2.27. The summed E-state index contributed by atoms with van der Waals surface area (Å²) in [6.45, 7) is 3.48. The SMILES string of the molecule is Cc1ccc([C@](C)(O)CNC(=O)c2ccc[nH]2)o1. The number of carbonyl (C=O) groups excluding carboxylic acids is 1. The Morgan fingerprint density at radius 3 is 2.83 bits per heavy atom. The minimum absolute atomic E-state index is 0.0812. The molecule has 2 heterocycles. The van der Waals surface area contributed by atoms with Crippen molar-refractivity contribution in [1.29, 1.82) is 0 Å². The molecule has 0 fully saturated rings. The number of H-pyrrole nitrogens is 1. The normalized spacial score (nSPS) is 14.2. The molecule has 0 saturated carbocycles. The van der Waals surface area contributed by atoms with Gasteiger partial charge in [0.1, 0.15) is 22.8 Å². The summed E-state index contributed by atoms with van der Waals surface area (Å²) in [6.07, 6.45) is 1.67. The Labute approximate surface area is 105 Å². The van der Waals surface area contributed by atoms with Crippen LogP contribution in [0.25, 0.3) is 0 Å². The van der Waals surface area contributed by atoms with E-state index in [0.717, 1.165) is 5.76 Å². The van der Waals surface area contributed by atoms with Gasteiger partial charge in [-0.05, 0) is 38.1 Å². The Hall–Kier alpha value is -2.01. The fourth-order valence-electron chi connectivity index (χ4n) is 1.63. The first-order chi connectivity index (χ1) is 8.49. The van der Waals surface area contributed by atoms with Crippen molar-refractivity contribution >= 4 is 5.91 Å². The minimum Gasteiger partial charge on any atom is -0.463 e. The average Bonchev–Trinajstić information content (AvgIpc) is 2.96. The van der Waals surface area contributed by atoms with Crippen molar-refractivity contribution < 1.29 is 14.3 Å². The minimum atomic E-state index is -1.23. The van der Waals surface area contributed by atoms with E-state index in [1.54, 1.807) is 44.3 Å². The first kappa shape index (κ1) is 12.4. The topological polar surface area (TPSA) is 78.3 Å². The van der Waals surface area contributed by atoms with Crippen LogP contribution in [0.5, 0.6) is 0 Å². The molecule has 0 radical (unpaired) electrons. The Balaban J connectivity index is 1.99. The Kier molecular flexibility index (Phi) is 3.25. The van der Waals surface area contributed by atoms with E-state index >= 15 is 0 Å². The number of hydrogen-bond donors (Lipinski definition) is 3. The number of carbonyl (C=O) groups is 1. The second kappa shape index (κ2) is 4.70. The first-order valence-corrected chi connectivity index (χ1v) is 5.70. The van der Waals surface area contributed by atoms with Crippen LogP contribution in [0.15, 0.2) is 34.9 Å². The predicted molar refractivity (Wildman–Crippen MR) is 66.1 cm³/mol. The smallest absolute Gasteiger partial charge is 0.267 e. The number of furan rings is 1. The predicted octanol–water partition coefficient (Wildman–Crippen LogP) is 1.55. The zero-order chi connectivity index (χ0) is 13.2. The van der Waals surface area contributed by atoms with Gasteiger partial charge in [-0.1, -0.05) is 0 Å². The monoisotopic (exact) mass is 248 g/mol. The number of aryl methyl sites for hydroxylation is 1. The third-order valence-electron chi connectivity index (χ3n) is 2.71. The van der Waals surface area contributed by atoms with Gasteiger partial charge >= 0.3 is 0 Å². The third-order valence-corrected chi connectivity index (χ3v) is 2.71. The van der Waals surface area contributed by atoms with Crippen LogP contribution in [0.2, 0.25) is 0 Å². The molecule has 2 aromatic rings. The molecule has 0 aliphatic carbocycles. The maximum absolute atomic E-state index is 11.7. The molecule has 1 amide bonds. The van der Waals surface area contributed by atoms with E-state index in [9.17, 15) is 9.90 Å². The summed E-state index contributed by atoms with van der Waals surface area (Å²) in [4.78, 5) is 14.5. The molecule has 18 heavy (non-hydrogen) atoms. The molecule has 0 unspecified atom stereocenters. The van der Waals surface area contributed by atoms with Crippen LogP contribution in [0, 0.1) is 6.92 Å². The lowest BCUT2D eigenvalue weighted by atomic mass is 10.0. The summed E-state index contributed by atoms with van der Waals surface area (Å²) >= 11 is 0. The van der Waals surface area contributed by atoms with E-state index in [4.69, 9.17) is 4.42 Å². The lowest BCUT2D eigenvalue weighted by Crippen LogP contribution is -2.38. The van der Waals surface area contributed by atoms with E-state index < -0.39 is 5.60 Å². The van der Waals surface area contributed by atoms with E-state index in [-0.39, 0.29) is 12.5 Å². The van der Waals surface area contributed by atoms with E-state index in [2.05, 4.69) is 10.3 Å². The molecule has 1 atom stereocenters. The maximum Gasteiger partial charge on any atom is 0.267 e. The van der Waals surface area contributed by atoms with Crippen molar-refractivity contribution in [2.45, 2.75) is 19.4 Å². The van der Waals surface area contributed by atoms with Crippen molar-refractivity contribution in [3.05, 3.63) is 47.7 Å². The summed E-state index contributed by atoms with van der Waals surface area (Å²) in [6, 6.07) is 6.89.